The molecule has 6 nitrogen and oxygen atoms in total. The van der Waals surface area contributed by atoms with Crippen LogP contribution in [0, 0.1) is 0 Å². The summed E-state index contributed by atoms with van der Waals surface area (Å²) in [4.78, 5) is 26.2. The van der Waals surface area contributed by atoms with Crippen LogP contribution in [0.15, 0.2) is 36.5 Å². The number of aliphatic hydroxyl groups excluding tert-OH is 2. The van der Waals surface area contributed by atoms with Crippen LogP contribution in [0.1, 0.15) is 284 Å². The maximum absolute atomic E-state index is 13.2. The molecule has 6 heteroatoms. The lowest BCUT2D eigenvalue weighted by atomic mass is 10.0. The largest absolute Gasteiger partial charge is 0.462 e. The Kier molecular flexibility index (Phi) is 48.5. The molecule has 3 atom stereocenters. The fraction of sp³-hybridized carbons (Fsp3) is 0.857. The third-order valence-corrected chi connectivity index (χ3v) is 12.5. The van der Waals surface area contributed by atoms with Crippen molar-refractivity contribution in [3.05, 3.63) is 36.5 Å². The molecule has 0 heterocycles. The van der Waals surface area contributed by atoms with E-state index in [0.29, 0.717) is 19.3 Å². The number of rotatable bonds is 49. The zero-order valence-corrected chi connectivity index (χ0v) is 41.5. The van der Waals surface area contributed by atoms with E-state index in [1.54, 1.807) is 0 Å². The molecule has 0 rings (SSSR count). The first-order valence-corrected chi connectivity index (χ1v) is 27.2. The van der Waals surface area contributed by atoms with E-state index in [0.717, 1.165) is 77.0 Å². The number of aliphatic hydroxyl groups is 2. The average molecular weight is 872 g/mol. The van der Waals surface area contributed by atoms with Gasteiger partial charge in [0.05, 0.1) is 25.2 Å². The van der Waals surface area contributed by atoms with E-state index in [4.69, 9.17) is 4.74 Å². The van der Waals surface area contributed by atoms with Gasteiger partial charge in [0.15, 0.2) is 0 Å². The van der Waals surface area contributed by atoms with Gasteiger partial charge < -0.3 is 20.3 Å². The first-order valence-electron chi connectivity index (χ1n) is 27.2. The third-order valence-electron chi connectivity index (χ3n) is 12.5. The van der Waals surface area contributed by atoms with Crippen LogP contribution in [0.4, 0.5) is 0 Å². The highest BCUT2D eigenvalue weighted by molar-refractivity contribution is 5.77. The van der Waals surface area contributed by atoms with Gasteiger partial charge in [-0.15, -0.1) is 0 Å². The van der Waals surface area contributed by atoms with Crippen molar-refractivity contribution in [3.63, 3.8) is 0 Å². The van der Waals surface area contributed by atoms with E-state index in [-0.39, 0.29) is 24.9 Å². The highest BCUT2D eigenvalue weighted by Crippen LogP contribution is 2.18. The molecule has 0 saturated carbocycles. The lowest BCUT2D eigenvalue weighted by Crippen LogP contribution is -2.46. The van der Waals surface area contributed by atoms with Gasteiger partial charge in [-0.05, 0) is 64.2 Å². The maximum Gasteiger partial charge on any atom is 0.306 e. The topological polar surface area (TPSA) is 95.9 Å². The van der Waals surface area contributed by atoms with Crippen LogP contribution in [0.2, 0.25) is 0 Å². The molecular weight excluding hydrogens is 767 g/mol. The van der Waals surface area contributed by atoms with Crippen LogP contribution >= 0.6 is 0 Å². The van der Waals surface area contributed by atoms with E-state index in [2.05, 4.69) is 62.5 Å². The molecule has 3 unspecified atom stereocenters. The van der Waals surface area contributed by atoms with Gasteiger partial charge in [-0.2, -0.15) is 0 Å². The molecule has 0 aliphatic rings. The summed E-state index contributed by atoms with van der Waals surface area (Å²) in [6, 6.07) is -0.702. The van der Waals surface area contributed by atoms with Gasteiger partial charge in [0.1, 0.15) is 6.10 Å². The van der Waals surface area contributed by atoms with Crippen molar-refractivity contribution in [2.24, 2.45) is 0 Å². The van der Waals surface area contributed by atoms with Gasteiger partial charge in [-0.1, -0.05) is 243 Å². The minimum atomic E-state index is -0.788. The molecule has 0 aromatic rings. The monoisotopic (exact) mass is 872 g/mol. The summed E-state index contributed by atoms with van der Waals surface area (Å²) in [6.45, 7) is 6.46. The molecule has 0 bridgehead atoms. The minimum absolute atomic E-state index is 0.0725. The number of allylic oxidation sites excluding steroid dienone is 6. The van der Waals surface area contributed by atoms with Crippen LogP contribution in [0.3, 0.4) is 0 Å². The van der Waals surface area contributed by atoms with E-state index in [1.807, 2.05) is 0 Å². The summed E-state index contributed by atoms with van der Waals surface area (Å²) in [5, 5.41) is 23.7. The predicted octanol–water partition coefficient (Wildman–Crippen LogP) is 16.5. The van der Waals surface area contributed by atoms with Crippen molar-refractivity contribution in [1.82, 2.24) is 5.32 Å². The first kappa shape index (κ1) is 60.1. The Morgan fingerprint density at radius 2 is 0.823 bits per heavy atom. The van der Waals surface area contributed by atoms with Gasteiger partial charge in [-0.3, -0.25) is 9.59 Å². The highest BCUT2D eigenvalue weighted by atomic mass is 16.5. The van der Waals surface area contributed by atoms with Gasteiger partial charge in [-0.25, -0.2) is 0 Å². The molecule has 62 heavy (non-hydrogen) atoms. The van der Waals surface area contributed by atoms with Crippen LogP contribution < -0.4 is 5.32 Å². The first-order chi connectivity index (χ1) is 30.5. The van der Waals surface area contributed by atoms with Crippen LogP contribution in [0.5, 0.6) is 0 Å². The lowest BCUT2D eigenvalue weighted by Gasteiger charge is -2.24. The summed E-state index contributed by atoms with van der Waals surface area (Å²) in [5.41, 5.74) is 0. The minimum Gasteiger partial charge on any atom is -0.462 e. The van der Waals surface area contributed by atoms with E-state index in [9.17, 15) is 19.8 Å². The third kappa shape index (κ3) is 44.7. The number of carbonyl (C=O) groups excluding carboxylic acids is 2. The number of unbranched alkanes of at least 4 members (excludes halogenated alkanes) is 31. The molecule has 0 aromatic carbocycles. The second kappa shape index (κ2) is 50.1. The van der Waals surface area contributed by atoms with Crippen molar-refractivity contribution >= 4 is 11.9 Å². The molecule has 0 saturated heterocycles. The summed E-state index contributed by atoms with van der Waals surface area (Å²) in [5.74, 6) is -0.487. The summed E-state index contributed by atoms with van der Waals surface area (Å²) >= 11 is 0. The average Bonchev–Trinajstić information content (AvgIpc) is 3.26. The second-order valence-corrected chi connectivity index (χ2v) is 18.6. The molecule has 0 fully saturated rings. The number of ether oxygens (including phenoxy) is 1. The standard InChI is InChI=1S/C56H105NO5/c1-4-7-10-13-16-19-21-23-25-27-29-31-33-36-38-41-44-47-52(50-55(60)57-53(51-58)54(59)48-45-42-39-35-18-15-12-9-6-3)62-56(61)49-46-43-40-37-34-32-30-28-26-24-22-20-17-14-11-8-5-2/h17,20,24,26,30,32,52-54,58-59H,4-16,18-19,21-23,25,27-29,31,33-51H2,1-3H3,(H,57,60)/b20-17-,26-24-,32-30-. The Balaban J connectivity index is 4.56. The lowest BCUT2D eigenvalue weighted by molar-refractivity contribution is -0.151. The summed E-state index contributed by atoms with van der Waals surface area (Å²) in [6.07, 6.45) is 59.2. The molecular formula is C56H105NO5. The molecule has 364 valence electrons. The molecule has 0 aromatic heterocycles. The Morgan fingerprint density at radius 1 is 0.468 bits per heavy atom. The number of amides is 1. The summed E-state index contributed by atoms with van der Waals surface area (Å²) < 4.78 is 5.94. The molecule has 0 aliphatic carbocycles. The van der Waals surface area contributed by atoms with Gasteiger partial charge in [0.2, 0.25) is 5.91 Å². The SMILES string of the molecule is CCCCC/C=C\C/C=C\C/C=C\CCCCCCC(=O)OC(CCCCCCCCCCCCCCCCCCC)CC(=O)NC(CO)C(O)CCCCCCCCCCC. The normalized spacial score (nSPS) is 13.4. The molecule has 1 amide bonds. The van der Waals surface area contributed by atoms with Crippen molar-refractivity contribution in [1.29, 1.82) is 0 Å². The number of hydrogen-bond acceptors (Lipinski definition) is 5. The Hall–Kier alpha value is -1.92. The van der Waals surface area contributed by atoms with E-state index in [1.165, 1.54) is 161 Å². The van der Waals surface area contributed by atoms with Crippen LogP contribution in [-0.4, -0.2) is 46.9 Å². The van der Waals surface area contributed by atoms with Gasteiger partial charge in [0, 0.05) is 6.42 Å². The van der Waals surface area contributed by atoms with Crippen molar-refractivity contribution in [2.75, 3.05) is 6.61 Å². The fourth-order valence-corrected chi connectivity index (χ4v) is 8.32. The van der Waals surface area contributed by atoms with Gasteiger partial charge in [0.25, 0.3) is 0 Å². The van der Waals surface area contributed by atoms with Crippen molar-refractivity contribution < 1.29 is 24.5 Å². The molecule has 0 radical (unpaired) electrons. The summed E-state index contributed by atoms with van der Waals surface area (Å²) in [7, 11) is 0. The quantitative estimate of drug-likeness (QED) is 0.0321. The number of carbonyl (C=O) groups is 2. The molecule has 3 N–H and O–H groups in total. The van der Waals surface area contributed by atoms with E-state index >= 15 is 0 Å². The number of hydrogen-bond donors (Lipinski definition) is 3. The number of nitrogens with one attached hydrogen (secondary N) is 1. The van der Waals surface area contributed by atoms with Crippen LogP contribution in [0.25, 0.3) is 0 Å². The van der Waals surface area contributed by atoms with E-state index < -0.39 is 18.2 Å². The van der Waals surface area contributed by atoms with Crippen LogP contribution in [-0.2, 0) is 14.3 Å². The Bertz CT molecular complexity index is 1020. The number of esters is 1. The predicted molar refractivity (Wildman–Crippen MR) is 269 cm³/mol. The Labute approximate surface area is 385 Å². The molecule has 0 spiro atoms. The van der Waals surface area contributed by atoms with Crippen molar-refractivity contribution in [3.8, 4) is 0 Å². The Morgan fingerprint density at radius 3 is 1.27 bits per heavy atom. The second-order valence-electron chi connectivity index (χ2n) is 18.6. The zero-order chi connectivity index (χ0) is 45.2. The fourth-order valence-electron chi connectivity index (χ4n) is 8.32. The van der Waals surface area contributed by atoms with Gasteiger partial charge >= 0.3 is 5.97 Å². The zero-order valence-electron chi connectivity index (χ0n) is 41.5. The molecule has 0 aliphatic heterocycles. The van der Waals surface area contributed by atoms with Crippen molar-refractivity contribution in [2.45, 2.75) is 302 Å². The maximum atomic E-state index is 13.2. The smallest absolute Gasteiger partial charge is 0.306 e. The highest BCUT2D eigenvalue weighted by Gasteiger charge is 2.24.